The van der Waals surface area contributed by atoms with Crippen LogP contribution in [0.2, 0.25) is 0 Å². The zero-order valence-electron chi connectivity index (χ0n) is 15.9. The van der Waals surface area contributed by atoms with E-state index < -0.39 is 0 Å². The minimum atomic E-state index is -0.373. The van der Waals surface area contributed by atoms with Crippen LogP contribution in [-0.2, 0) is 20.8 Å². The maximum Gasteiger partial charge on any atom is 0.337 e. The zero-order valence-corrected chi connectivity index (χ0v) is 16.7. The van der Waals surface area contributed by atoms with E-state index in [0.717, 1.165) is 23.1 Å². The first-order valence-electron chi connectivity index (χ1n) is 9.49. The fraction of sp³-hybridized carbons (Fsp3) is 0.550. The number of hydrogen-bond donors (Lipinski definition) is 0. The first kappa shape index (κ1) is 19.8. The van der Waals surface area contributed by atoms with E-state index in [1.807, 2.05) is 17.6 Å². The van der Waals surface area contributed by atoms with E-state index in [9.17, 15) is 9.59 Å². The zero-order chi connectivity index (χ0) is 19.2. The van der Waals surface area contributed by atoms with Crippen molar-refractivity contribution in [2.45, 2.75) is 45.6 Å². The number of carbonyl (C=O) groups is 2. The van der Waals surface area contributed by atoms with Crippen molar-refractivity contribution in [1.82, 2.24) is 4.57 Å². The van der Waals surface area contributed by atoms with Gasteiger partial charge in [0, 0.05) is 19.6 Å². The number of aromatic nitrogens is 1. The first-order valence-corrected chi connectivity index (χ1v) is 10.3. The fourth-order valence-corrected chi connectivity index (χ4v) is 4.65. The van der Waals surface area contributed by atoms with Gasteiger partial charge in [-0.15, -0.1) is 0 Å². The molecular weight excluding hydrogens is 364 g/mol. The molecule has 1 fully saturated rings. The van der Waals surface area contributed by atoms with E-state index in [4.69, 9.17) is 9.47 Å². The van der Waals surface area contributed by atoms with Gasteiger partial charge in [-0.05, 0) is 43.9 Å². The minimum absolute atomic E-state index is 0.0631. The molecule has 7 heteroatoms. The van der Waals surface area contributed by atoms with Crippen molar-refractivity contribution >= 4 is 33.4 Å². The second-order valence-corrected chi connectivity index (χ2v) is 7.78. The number of fused-ring (bicyclic) bond motifs is 1. The molecule has 146 valence electrons. The average molecular weight is 391 g/mol. The lowest BCUT2D eigenvalue weighted by atomic mass is 10.0. The minimum Gasteiger partial charge on any atom is -0.465 e. The molecule has 2 aromatic rings. The molecule has 0 N–H and O–H groups in total. The van der Waals surface area contributed by atoms with Crippen LogP contribution in [0.1, 0.15) is 49.4 Å². The first-order chi connectivity index (χ1) is 13.1. The smallest absolute Gasteiger partial charge is 0.337 e. The number of thiazole rings is 1. The lowest BCUT2D eigenvalue weighted by Gasteiger charge is -2.07. The molecule has 1 aliphatic rings. The third-order valence-electron chi connectivity index (χ3n) is 4.93. The van der Waals surface area contributed by atoms with Crippen LogP contribution < -0.4 is 4.80 Å². The van der Waals surface area contributed by atoms with Crippen LogP contribution in [0.15, 0.2) is 23.2 Å². The quantitative estimate of drug-likeness (QED) is 0.536. The van der Waals surface area contributed by atoms with Crippen molar-refractivity contribution in [3.63, 3.8) is 0 Å². The Morgan fingerprint density at radius 2 is 2.07 bits per heavy atom. The van der Waals surface area contributed by atoms with E-state index in [-0.39, 0.29) is 11.9 Å². The van der Waals surface area contributed by atoms with Crippen LogP contribution in [0, 0.1) is 5.92 Å². The summed E-state index contributed by atoms with van der Waals surface area (Å²) in [5, 5.41) is 0. The summed E-state index contributed by atoms with van der Waals surface area (Å²) in [5.41, 5.74) is 1.44. The normalized spacial score (nSPS) is 15.6. The van der Waals surface area contributed by atoms with E-state index in [1.165, 1.54) is 31.3 Å². The number of carbonyl (C=O) groups excluding carboxylic acids is 2. The highest BCUT2D eigenvalue weighted by molar-refractivity contribution is 7.16. The molecule has 0 saturated heterocycles. The topological polar surface area (TPSA) is 69.9 Å². The van der Waals surface area contributed by atoms with Crippen LogP contribution in [0.25, 0.3) is 10.2 Å². The van der Waals surface area contributed by atoms with Crippen LogP contribution in [-0.4, -0.2) is 36.8 Å². The van der Waals surface area contributed by atoms with Gasteiger partial charge in [0.15, 0.2) is 4.80 Å². The Kier molecular flexibility index (Phi) is 6.79. The summed E-state index contributed by atoms with van der Waals surface area (Å²) in [4.78, 5) is 29.3. The van der Waals surface area contributed by atoms with Crippen molar-refractivity contribution < 1.29 is 19.1 Å². The van der Waals surface area contributed by atoms with Crippen molar-refractivity contribution in [1.29, 1.82) is 0 Å². The molecule has 0 radical (unpaired) electrons. The third-order valence-corrected chi connectivity index (χ3v) is 5.97. The number of ether oxygens (including phenoxy) is 2. The van der Waals surface area contributed by atoms with Gasteiger partial charge in [-0.1, -0.05) is 24.2 Å². The highest BCUT2D eigenvalue weighted by Crippen LogP contribution is 2.27. The molecule has 3 rings (SSSR count). The molecule has 0 bridgehead atoms. The fourth-order valence-electron chi connectivity index (χ4n) is 3.53. The molecule has 0 aliphatic heterocycles. The Morgan fingerprint density at radius 3 is 2.78 bits per heavy atom. The molecule has 0 spiro atoms. The number of hydrogen-bond acceptors (Lipinski definition) is 5. The third kappa shape index (κ3) is 4.84. The molecule has 1 aromatic carbocycles. The Hall–Kier alpha value is -1.99. The average Bonchev–Trinajstić information content (AvgIpc) is 3.28. The maximum absolute atomic E-state index is 12.5. The second-order valence-electron chi connectivity index (χ2n) is 6.77. The SMILES string of the molecule is CCOCCn1c(=NC(=O)CC2CCCC2)sc2cc(C(=O)OC)ccc21. The Balaban J connectivity index is 1.94. The van der Waals surface area contributed by atoms with Gasteiger partial charge in [-0.3, -0.25) is 4.79 Å². The van der Waals surface area contributed by atoms with E-state index in [0.29, 0.717) is 42.5 Å². The molecule has 1 amide bonds. The number of benzene rings is 1. The lowest BCUT2D eigenvalue weighted by Crippen LogP contribution is -2.20. The largest absolute Gasteiger partial charge is 0.465 e. The van der Waals surface area contributed by atoms with E-state index in [2.05, 4.69) is 4.99 Å². The van der Waals surface area contributed by atoms with Crippen LogP contribution in [0.5, 0.6) is 0 Å². The van der Waals surface area contributed by atoms with Crippen LogP contribution in [0.3, 0.4) is 0 Å². The van der Waals surface area contributed by atoms with Gasteiger partial charge in [0.25, 0.3) is 0 Å². The summed E-state index contributed by atoms with van der Waals surface area (Å²) in [7, 11) is 1.37. The van der Waals surface area contributed by atoms with Gasteiger partial charge in [-0.2, -0.15) is 4.99 Å². The number of rotatable bonds is 7. The number of methoxy groups -OCH3 is 1. The van der Waals surface area contributed by atoms with Gasteiger partial charge >= 0.3 is 5.97 Å². The summed E-state index contributed by atoms with van der Waals surface area (Å²) in [6.07, 6.45) is 5.20. The molecule has 0 atom stereocenters. The maximum atomic E-state index is 12.5. The van der Waals surface area contributed by atoms with Crippen molar-refractivity contribution in [3.8, 4) is 0 Å². The van der Waals surface area contributed by atoms with Crippen molar-refractivity contribution in [3.05, 3.63) is 28.6 Å². The van der Waals surface area contributed by atoms with Gasteiger partial charge in [0.05, 0.1) is 29.5 Å². The highest BCUT2D eigenvalue weighted by Gasteiger charge is 2.18. The monoisotopic (exact) mass is 390 g/mol. The Labute approximate surface area is 162 Å². The highest BCUT2D eigenvalue weighted by atomic mass is 32.1. The summed E-state index contributed by atoms with van der Waals surface area (Å²) in [6.45, 7) is 3.75. The van der Waals surface area contributed by atoms with Crippen LogP contribution in [0.4, 0.5) is 0 Å². The van der Waals surface area contributed by atoms with Crippen molar-refractivity contribution in [2.75, 3.05) is 20.3 Å². The second kappa shape index (κ2) is 9.28. The molecule has 1 saturated carbocycles. The van der Waals surface area contributed by atoms with Gasteiger partial charge in [0.1, 0.15) is 0 Å². The molecule has 1 heterocycles. The molecule has 27 heavy (non-hydrogen) atoms. The van der Waals surface area contributed by atoms with Gasteiger partial charge < -0.3 is 14.0 Å². The summed E-state index contributed by atoms with van der Waals surface area (Å²) >= 11 is 1.42. The van der Waals surface area contributed by atoms with Gasteiger partial charge in [0.2, 0.25) is 5.91 Å². The van der Waals surface area contributed by atoms with Crippen LogP contribution >= 0.6 is 11.3 Å². The summed E-state index contributed by atoms with van der Waals surface area (Å²) < 4.78 is 13.2. The summed E-state index contributed by atoms with van der Waals surface area (Å²) in [6, 6.07) is 5.41. The molecule has 0 unspecified atom stereocenters. The van der Waals surface area contributed by atoms with E-state index in [1.54, 1.807) is 12.1 Å². The standard InChI is InChI=1S/C20H26N2O4S/c1-3-26-11-10-22-16-9-8-15(19(24)25-2)13-17(16)27-20(22)21-18(23)12-14-6-4-5-7-14/h8-9,13-14H,3-7,10-12H2,1-2H3. The number of amides is 1. The predicted molar refractivity (Wildman–Crippen MR) is 105 cm³/mol. The summed E-state index contributed by atoms with van der Waals surface area (Å²) in [5.74, 6) is 0.0344. The Bertz CT molecular complexity index is 878. The van der Waals surface area contributed by atoms with E-state index >= 15 is 0 Å². The number of nitrogens with zero attached hydrogens (tertiary/aromatic N) is 2. The lowest BCUT2D eigenvalue weighted by molar-refractivity contribution is -0.118. The molecule has 1 aromatic heterocycles. The van der Waals surface area contributed by atoms with Gasteiger partial charge in [-0.25, -0.2) is 4.79 Å². The predicted octanol–water partition coefficient (Wildman–Crippen LogP) is 3.53. The molecule has 1 aliphatic carbocycles. The molecule has 6 nitrogen and oxygen atoms in total. The number of esters is 1. The Morgan fingerprint density at radius 1 is 1.30 bits per heavy atom. The van der Waals surface area contributed by atoms with Crippen molar-refractivity contribution in [2.24, 2.45) is 10.9 Å². The molecular formula is C20H26N2O4S.